The number of carboxylic acids is 1. The van der Waals surface area contributed by atoms with Crippen LogP contribution in [-0.2, 0) is 105 Å². The minimum atomic E-state index is -3.30. The van der Waals surface area contributed by atoms with E-state index in [2.05, 4.69) is 26.6 Å². The number of aliphatic hydroxyl groups is 25. The molecular formula is C67H113N5O48. The Balaban J connectivity index is 1.01. The number of carbonyl (C=O) groups excluding carboxylic acids is 5. The van der Waals surface area contributed by atoms with Gasteiger partial charge in [0.1, 0.15) is 201 Å². The Morgan fingerprint density at radius 2 is 0.800 bits per heavy atom. The number of amides is 5. The van der Waals surface area contributed by atoms with Crippen LogP contribution < -0.4 is 26.6 Å². The van der Waals surface area contributed by atoms with Crippen LogP contribution in [0.3, 0.4) is 0 Å². The molecule has 53 nitrogen and oxygen atoms in total. The molecule has 0 spiro atoms. The lowest BCUT2D eigenvalue weighted by Gasteiger charge is -2.51. The highest BCUT2D eigenvalue weighted by atomic mass is 16.8. The molecule has 0 radical (unpaired) electrons. The maximum Gasteiger partial charge on any atom is 0.364 e. The van der Waals surface area contributed by atoms with E-state index in [0.29, 0.717) is 0 Å². The first-order valence-corrected chi connectivity index (χ1v) is 38.0. The fraction of sp³-hybridized carbons (Fsp3) is 0.910. The van der Waals surface area contributed by atoms with E-state index < -0.39 is 377 Å². The lowest BCUT2D eigenvalue weighted by Crippen LogP contribution is -2.71. The molecule has 0 aromatic rings. The van der Waals surface area contributed by atoms with E-state index in [4.69, 9.17) is 75.8 Å². The van der Waals surface area contributed by atoms with E-state index in [1.165, 1.54) is 6.92 Å². The first kappa shape index (κ1) is 101. The van der Waals surface area contributed by atoms with Crippen molar-refractivity contribution in [3.63, 3.8) is 0 Å². The van der Waals surface area contributed by atoms with Gasteiger partial charge in [-0.25, -0.2) is 4.79 Å². The van der Waals surface area contributed by atoms with Gasteiger partial charge < -0.3 is 235 Å². The van der Waals surface area contributed by atoms with Crippen molar-refractivity contribution in [1.82, 2.24) is 26.6 Å². The Kier molecular flexibility index (Phi) is 36.9. The quantitative estimate of drug-likeness (QED) is 0.0277. The van der Waals surface area contributed by atoms with Gasteiger partial charge in [-0.15, -0.1) is 0 Å². The van der Waals surface area contributed by atoms with Crippen molar-refractivity contribution in [2.24, 2.45) is 0 Å². The van der Waals surface area contributed by atoms with Crippen molar-refractivity contribution in [1.29, 1.82) is 0 Å². The Bertz CT molecular complexity index is 3270. The monoisotopic (exact) mass is 1760 g/mol. The van der Waals surface area contributed by atoms with E-state index in [1.807, 2.05) is 0 Å². The van der Waals surface area contributed by atoms with Crippen LogP contribution in [0.15, 0.2) is 0 Å². The molecule has 45 atom stereocenters. The molecule has 8 saturated heterocycles. The normalized spacial score (nSPS) is 44.1. The number of aliphatic hydroxyl groups excluding tert-OH is 25. The van der Waals surface area contributed by atoms with E-state index >= 15 is 0 Å². The molecule has 31 N–H and O–H groups in total. The summed E-state index contributed by atoms with van der Waals surface area (Å²) in [5.74, 6) is -10.1. The maximum atomic E-state index is 13.2. The summed E-state index contributed by atoms with van der Waals surface area (Å²) < 4.78 is 94.4. The average Bonchev–Trinajstić information content (AvgIpc) is 0.758. The van der Waals surface area contributed by atoms with Crippen molar-refractivity contribution in [2.45, 2.75) is 323 Å². The van der Waals surface area contributed by atoms with Crippen molar-refractivity contribution < 1.29 is 237 Å². The Labute approximate surface area is 680 Å². The van der Waals surface area contributed by atoms with Gasteiger partial charge in [0.05, 0.1) is 83.8 Å². The van der Waals surface area contributed by atoms with Crippen LogP contribution in [0, 0.1) is 0 Å². The molecule has 0 aromatic heterocycles. The molecule has 8 aliphatic heterocycles. The zero-order valence-corrected chi connectivity index (χ0v) is 65.1. The third-order valence-corrected chi connectivity index (χ3v) is 21.4. The maximum absolute atomic E-state index is 13.2. The minimum absolute atomic E-state index is 0.844. The van der Waals surface area contributed by atoms with E-state index in [1.54, 1.807) is 0 Å². The molecule has 0 aromatic carbocycles. The zero-order valence-electron chi connectivity index (χ0n) is 65.1. The third kappa shape index (κ3) is 22.9. The lowest BCUT2D eigenvalue weighted by molar-refractivity contribution is -0.402. The van der Waals surface area contributed by atoms with Crippen LogP contribution in [0.25, 0.3) is 0 Å². The van der Waals surface area contributed by atoms with Gasteiger partial charge in [0.2, 0.25) is 29.5 Å². The van der Waals surface area contributed by atoms with Crippen LogP contribution in [0.1, 0.15) is 48.0 Å². The van der Waals surface area contributed by atoms with Gasteiger partial charge >= 0.3 is 5.97 Å². The highest BCUT2D eigenvalue weighted by Crippen LogP contribution is 2.42. The lowest BCUT2D eigenvalue weighted by atomic mass is 9.88. The Hall–Kier alpha value is -4.82. The van der Waals surface area contributed by atoms with Gasteiger partial charge in [-0.2, -0.15) is 0 Å². The molecule has 0 unspecified atom stereocenters. The number of carboxylic acid groups (broad SMARTS) is 1. The SMILES string of the molecule is CC(=O)N[C@H]1[C@H](OC[C@@H](O)[C@H](O)[C@H](O[C@@H]2O[C@H](CO)[C@H](O)[C@H](O[C@]3(C(=O)O)C[C@H](O)[C@@H](NC(C)=O)[C@H]([C@H](O)[C@H](O)CO)O3)[C@H]2O)[C@H](CO)NC(C)=O)O[C@H](CO)[C@@H](O[C@@H]2O[C@H](CO)[C@H](O)[C@H](O[C@@H]3O[C@H](CO)[C@@H](O[C@@H]4O[C@H](CO)[C@H](O)[C@H](O[C@H]5O[C@H](CO)[C@H](O)[C@H](O)[C@H]5NC(C)=O)[C@H]4O[C@@H]4O[C@@H](C)[C@@H](O)[C@@H](O)[C@@H]4O)[C@H](O)[C@H]3NC(C)=O)[C@H]2O)[C@@H]1O. The highest BCUT2D eigenvalue weighted by molar-refractivity contribution is 5.77. The van der Waals surface area contributed by atoms with E-state index in [0.717, 1.165) is 34.6 Å². The van der Waals surface area contributed by atoms with Crippen molar-refractivity contribution in [3.8, 4) is 0 Å². The molecule has 0 saturated carbocycles. The second kappa shape index (κ2) is 44.1. The predicted octanol–water partition coefficient (Wildman–Crippen LogP) is -20.0. The fourth-order valence-corrected chi connectivity index (χ4v) is 15.1. The van der Waals surface area contributed by atoms with Gasteiger partial charge in [0, 0.05) is 41.0 Å². The molecular weight excluding hydrogens is 1640 g/mol. The highest BCUT2D eigenvalue weighted by Gasteiger charge is 2.63. The molecule has 120 heavy (non-hydrogen) atoms. The van der Waals surface area contributed by atoms with Gasteiger partial charge in [-0.05, 0) is 6.92 Å². The van der Waals surface area contributed by atoms with Crippen molar-refractivity contribution in [3.05, 3.63) is 0 Å². The largest absolute Gasteiger partial charge is 0.477 e. The molecule has 0 bridgehead atoms. The van der Waals surface area contributed by atoms with Crippen LogP contribution >= 0.6 is 0 Å². The molecule has 53 heteroatoms. The zero-order chi connectivity index (χ0) is 89.3. The molecule has 8 heterocycles. The molecule has 8 aliphatic rings. The summed E-state index contributed by atoms with van der Waals surface area (Å²) in [6, 6.07) is -9.30. The van der Waals surface area contributed by atoms with Crippen LogP contribution in [0.5, 0.6) is 0 Å². The summed E-state index contributed by atoms with van der Waals surface area (Å²) in [6.45, 7) is -4.62. The number of nitrogens with one attached hydrogen (secondary N) is 5. The number of rotatable bonds is 36. The van der Waals surface area contributed by atoms with Crippen LogP contribution in [-0.4, -0.2) is 503 Å². The predicted molar refractivity (Wildman–Crippen MR) is 373 cm³/mol. The summed E-state index contributed by atoms with van der Waals surface area (Å²) in [7, 11) is 0. The minimum Gasteiger partial charge on any atom is -0.477 e. The third-order valence-electron chi connectivity index (χ3n) is 21.4. The second-order valence-electron chi connectivity index (χ2n) is 30.1. The summed E-state index contributed by atoms with van der Waals surface area (Å²) in [5, 5.41) is 301. The molecule has 8 rings (SSSR count). The standard InChI is InChI=1S/C67H113N5O48/c1-17-37(89)47(99)48(100)62(106-17)118-58-57(117-60-34(70-20(4)83)44(96)40(92)27(10-75)107-60)43(95)30(13-78)110-65(58)115-53-32(15-80)112-61(36(46(53)98)72-22(6)85)116-55-41(93)28(11-76)108-63(49(55)101)114-52-31(14-79)111-59(35(45(52)97)71-21(5)84)105-16-26(88)39(91)51(23(8-73)68-18(2)81)113-64-50(102)56(42(94)29(12-77)109-64)120-67(66(103)104)7-24(86)33(69-19(3)82)54(119-67)38(90)25(87)9-74/h17,23-65,73-80,86-102H,7-16H2,1-6H3,(H,68,81)(H,69,82)(H,70,83)(H,71,84)(H,72,85)(H,103,104)/t17-,23-,24-,25+,26+,27+,28+,29+,30+,31+,32+,33+,34+,35+,36+,37+,38+,39-,40-,41-,42-,43-,44+,45+,46+,47+,48-,49+,50+,51+,52+,53+,54+,55-,56-,57-,58+,59+,60+,61-,62-,63-,64-,65-,67-/m0/s1. The molecule has 5 amide bonds. The molecule has 8 fully saturated rings. The van der Waals surface area contributed by atoms with Gasteiger partial charge in [0.15, 0.2) is 44.0 Å². The van der Waals surface area contributed by atoms with Crippen molar-refractivity contribution in [2.75, 3.05) is 59.5 Å². The molecule has 694 valence electrons. The second-order valence-corrected chi connectivity index (χ2v) is 30.1. The topological polar surface area (TPSA) is 836 Å². The van der Waals surface area contributed by atoms with Gasteiger partial charge in [-0.3, -0.25) is 24.0 Å². The van der Waals surface area contributed by atoms with Gasteiger partial charge in [0.25, 0.3) is 5.79 Å². The summed E-state index contributed by atoms with van der Waals surface area (Å²) in [4.78, 5) is 76.5. The van der Waals surface area contributed by atoms with Crippen LogP contribution in [0.2, 0.25) is 0 Å². The number of hydrogen-bond acceptors (Lipinski definition) is 47. The Morgan fingerprint density at radius 1 is 0.392 bits per heavy atom. The number of aliphatic carboxylic acids is 1. The first-order valence-electron chi connectivity index (χ1n) is 38.0. The van der Waals surface area contributed by atoms with Gasteiger partial charge in [-0.1, -0.05) is 0 Å². The Morgan fingerprint density at radius 3 is 1.30 bits per heavy atom. The summed E-state index contributed by atoms with van der Waals surface area (Å²) in [5.41, 5.74) is 0. The number of carbonyl (C=O) groups is 6. The summed E-state index contributed by atoms with van der Waals surface area (Å²) >= 11 is 0. The van der Waals surface area contributed by atoms with E-state index in [-0.39, 0.29) is 0 Å². The van der Waals surface area contributed by atoms with E-state index in [9.17, 15) is 162 Å². The van der Waals surface area contributed by atoms with Crippen LogP contribution in [0.4, 0.5) is 0 Å². The molecule has 0 aliphatic carbocycles. The summed E-state index contributed by atoms with van der Waals surface area (Å²) in [6.07, 6.45) is -84.0. The smallest absolute Gasteiger partial charge is 0.364 e. The average molecular weight is 1760 g/mol. The first-order chi connectivity index (χ1) is 56.5. The number of hydrogen-bond donors (Lipinski definition) is 31. The number of ether oxygens (including phenoxy) is 16. The van der Waals surface area contributed by atoms with Crippen molar-refractivity contribution >= 4 is 35.5 Å². The fourth-order valence-electron chi connectivity index (χ4n) is 15.1.